The van der Waals surface area contributed by atoms with Crippen molar-refractivity contribution in [1.29, 1.82) is 0 Å². The Morgan fingerprint density at radius 1 is 1.00 bits per heavy atom. The molecule has 0 fully saturated rings. The van der Waals surface area contributed by atoms with Crippen molar-refractivity contribution in [3.8, 4) is 17.2 Å². The van der Waals surface area contributed by atoms with Crippen LogP contribution in [-0.2, 0) is 0 Å². The molecule has 0 aliphatic heterocycles. The van der Waals surface area contributed by atoms with Gasteiger partial charge in [0.2, 0.25) is 0 Å². The summed E-state index contributed by atoms with van der Waals surface area (Å²) in [5.41, 5.74) is 4.46. The van der Waals surface area contributed by atoms with Crippen LogP contribution >= 0.6 is 12.2 Å². The highest BCUT2D eigenvalue weighted by molar-refractivity contribution is 7.80. The minimum Gasteiger partial charge on any atom is -0.490 e. The summed E-state index contributed by atoms with van der Waals surface area (Å²) in [6.45, 7) is 2.89. The lowest BCUT2D eigenvalue weighted by Gasteiger charge is -2.13. The number of hydrogen-bond donors (Lipinski definition) is 2. The predicted molar refractivity (Wildman–Crippen MR) is 135 cm³/mol. The van der Waals surface area contributed by atoms with Gasteiger partial charge < -0.3 is 19.5 Å². The summed E-state index contributed by atoms with van der Waals surface area (Å²) in [6, 6.07) is 20.9. The first-order chi connectivity index (χ1) is 16.5. The highest BCUT2D eigenvalue weighted by Gasteiger charge is 2.07. The molecular formula is C24H24N4O5S. The van der Waals surface area contributed by atoms with Crippen molar-refractivity contribution >= 4 is 34.9 Å². The molecule has 3 aromatic rings. The van der Waals surface area contributed by atoms with E-state index in [0.717, 1.165) is 11.3 Å². The Bertz CT molecular complexity index is 1120. The molecule has 0 heterocycles. The number of nitro benzene ring substituents is 1. The number of anilines is 1. The number of nitro groups is 1. The van der Waals surface area contributed by atoms with Gasteiger partial charge in [0.15, 0.2) is 16.6 Å². The fraction of sp³-hybridized carbons (Fsp3) is 0.167. The van der Waals surface area contributed by atoms with Crippen molar-refractivity contribution in [1.82, 2.24) is 5.43 Å². The molecule has 0 amide bonds. The normalized spacial score (nSPS) is 10.5. The van der Waals surface area contributed by atoms with Crippen molar-refractivity contribution in [2.45, 2.75) is 6.92 Å². The molecule has 0 spiro atoms. The van der Waals surface area contributed by atoms with E-state index in [-0.39, 0.29) is 18.9 Å². The van der Waals surface area contributed by atoms with Crippen molar-refractivity contribution in [3.63, 3.8) is 0 Å². The smallest absolute Gasteiger partial charge is 0.269 e. The Hall–Kier alpha value is -4.18. The fourth-order valence-electron chi connectivity index (χ4n) is 2.81. The van der Waals surface area contributed by atoms with Crippen LogP contribution in [0, 0.1) is 10.1 Å². The fourth-order valence-corrected chi connectivity index (χ4v) is 2.98. The second kappa shape index (κ2) is 12.8. The first-order valence-electron chi connectivity index (χ1n) is 10.5. The standard InChI is InChI=1S/C24H24N4O5S/c1-2-31-23-16-18(17-25-27-24(34)26-19-6-4-3-5-7-19)8-13-22(23)33-15-14-32-21-11-9-20(10-12-21)28(29)30/h3-13,16-17H,2,14-15H2,1H3,(H2,26,27,34)/b25-17-. The molecular weight excluding hydrogens is 456 g/mol. The molecule has 9 nitrogen and oxygen atoms in total. The van der Waals surface area contributed by atoms with Gasteiger partial charge in [0.1, 0.15) is 19.0 Å². The third-order valence-electron chi connectivity index (χ3n) is 4.34. The van der Waals surface area contributed by atoms with Crippen LogP contribution < -0.4 is 25.0 Å². The van der Waals surface area contributed by atoms with Crippen LogP contribution in [0.25, 0.3) is 0 Å². The first-order valence-corrected chi connectivity index (χ1v) is 10.9. The zero-order chi connectivity index (χ0) is 24.2. The lowest BCUT2D eigenvalue weighted by atomic mass is 10.2. The van der Waals surface area contributed by atoms with Crippen LogP contribution in [0.1, 0.15) is 12.5 Å². The number of benzene rings is 3. The molecule has 3 aromatic carbocycles. The number of rotatable bonds is 11. The number of nitrogens with one attached hydrogen (secondary N) is 2. The molecule has 0 unspecified atom stereocenters. The number of hydrogen-bond acceptors (Lipinski definition) is 7. The Morgan fingerprint density at radius 3 is 2.44 bits per heavy atom. The summed E-state index contributed by atoms with van der Waals surface area (Å²) in [6.07, 6.45) is 1.63. The largest absolute Gasteiger partial charge is 0.490 e. The molecule has 3 rings (SSSR count). The van der Waals surface area contributed by atoms with Crippen molar-refractivity contribution < 1.29 is 19.1 Å². The zero-order valence-electron chi connectivity index (χ0n) is 18.5. The van der Waals surface area contributed by atoms with Crippen LogP contribution in [0.4, 0.5) is 11.4 Å². The molecule has 176 valence electrons. The number of nitrogens with zero attached hydrogens (tertiary/aromatic N) is 2. The van der Waals surface area contributed by atoms with Crippen LogP contribution in [0.5, 0.6) is 17.2 Å². The quantitative estimate of drug-likeness (QED) is 0.133. The Balaban J connectivity index is 1.50. The number of ether oxygens (including phenoxy) is 3. The lowest BCUT2D eigenvalue weighted by molar-refractivity contribution is -0.384. The Morgan fingerprint density at radius 2 is 1.74 bits per heavy atom. The van der Waals surface area contributed by atoms with Gasteiger partial charge in [-0.25, -0.2) is 0 Å². The Labute approximate surface area is 202 Å². The van der Waals surface area contributed by atoms with Gasteiger partial charge in [0, 0.05) is 17.8 Å². The van der Waals surface area contributed by atoms with Crippen LogP contribution in [0.2, 0.25) is 0 Å². The molecule has 0 aliphatic carbocycles. The maximum Gasteiger partial charge on any atom is 0.269 e. The zero-order valence-corrected chi connectivity index (χ0v) is 19.3. The van der Waals surface area contributed by atoms with E-state index in [0.29, 0.717) is 29.0 Å². The number of thiocarbonyl (C=S) groups is 1. The third-order valence-corrected chi connectivity index (χ3v) is 4.53. The molecule has 0 radical (unpaired) electrons. The predicted octanol–water partition coefficient (Wildman–Crippen LogP) is 4.77. The summed E-state index contributed by atoms with van der Waals surface area (Å²) in [5.74, 6) is 1.67. The highest BCUT2D eigenvalue weighted by Crippen LogP contribution is 2.28. The van der Waals surface area contributed by atoms with E-state index in [1.807, 2.05) is 49.4 Å². The summed E-state index contributed by atoms with van der Waals surface area (Å²) in [4.78, 5) is 10.3. The van der Waals surface area contributed by atoms with Crippen molar-refractivity contribution in [3.05, 3.63) is 88.5 Å². The molecule has 10 heteroatoms. The second-order valence-corrected chi connectivity index (χ2v) is 7.19. The Kier molecular flexibility index (Phi) is 9.18. The summed E-state index contributed by atoms with van der Waals surface area (Å²) < 4.78 is 17.0. The maximum absolute atomic E-state index is 10.7. The van der Waals surface area contributed by atoms with E-state index < -0.39 is 4.92 Å². The molecule has 0 aromatic heterocycles. The summed E-state index contributed by atoms with van der Waals surface area (Å²) >= 11 is 5.23. The lowest BCUT2D eigenvalue weighted by Crippen LogP contribution is -2.23. The van der Waals surface area contributed by atoms with E-state index in [2.05, 4.69) is 15.8 Å². The average molecular weight is 481 g/mol. The average Bonchev–Trinajstić information content (AvgIpc) is 2.84. The summed E-state index contributed by atoms with van der Waals surface area (Å²) in [7, 11) is 0. The van der Waals surface area contributed by atoms with E-state index in [4.69, 9.17) is 26.4 Å². The minimum absolute atomic E-state index is 0.0121. The molecule has 0 saturated heterocycles. The SMILES string of the molecule is CCOc1cc(/C=N\NC(=S)Nc2ccccc2)ccc1OCCOc1ccc([N+](=O)[O-])cc1. The maximum atomic E-state index is 10.7. The van der Waals surface area contributed by atoms with Gasteiger partial charge in [-0.3, -0.25) is 15.5 Å². The first kappa shape index (κ1) is 24.5. The van der Waals surface area contributed by atoms with Gasteiger partial charge in [-0.15, -0.1) is 0 Å². The number of hydrazone groups is 1. The van der Waals surface area contributed by atoms with Crippen LogP contribution in [-0.4, -0.2) is 36.1 Å². The monoisotopic (exact) mass is 480 g/mol. The van der Waals surface area contributed by atoms with E-state index in [1.54, 1.807) is 24.4 Å². The van der Waals surface area contributed by atoms with Gasteiger partial charge in [0.05, 0.1) is 17.7 Å². The minimum atomic E-state index is -0.456. The van der Waals surface area contributed by atoms with Crippen LogP contribution in [0.3, 0.4) is 0 Å². The van der Waals surface area contributed by atoms with Crippen LogP contribution in [0.15, 0.2) is 77.9 Å². The molecule has 0 atom stereocenters. The van der Waals surface area contributed by atoms with Gasteiger partial charge in [-0.1, -0.05) is 18.2 Å². The van der Waals surface area contributed by atoms with Gasteiger partial charge in [0.25, 0.3) is 5.69 Å². The number of para-hydroxylation sites is 1. The summed E-state index contributed by atoms with van der Waals surface area (Å²) in [5, 5.41) is 18.3. The molecule has 0 aliphatic rings. The highest BCUT2D eigenvalue weighted by atomic mass is 32.1. The van der Waals surface area contributed by atoms with Gasteiger partial charge in [-0.2, -0.15) is 5.10 Å². The van der Waals surface area contributed by atoms with Gasteiger partial charge in [-0.05, 0) is 67.2 Å². The topological polar surface area (TPSA) is 107 Å². The second-order valence-electron chi connectivity index (χ2n) is 6.78. The van der Waals surface area contributed by atoms with Gasteiger partial charge >= 0.3 is 0 Å². The molecule has 0 saturated carbocycles. The molecule has 34 heavy (non-hydrogen) atoms. The van der Waals surface area contributed by atoms with E-state index in [1.165, 1.54) is 12.1 Å². The molecule has 2 N–H and O–H groups in total. The van der Waals surface area contributed by atoms with Crippen molar-refractivity contribution in [2.24, 2.45) is 5.10 Å². The number of non-ortho nitro benzene ring substituents is 1. The van der Waals surface area contributed by atoms with E-state index in [9.17, 15) is 10.1 Å². The van der Waals surface area contributed by atoms with E-state index >= 15 is 0 Å². The third kappa shape index (κ3) is 7.75. The van der Waals surface area contributed by atoms with Crippen molar-refractivity contribution in [2.75, 3.05) is 25.1 Å². The molecule has 0 bridgehead atoms.